The summed E-state index contributed by atoms with van der Waals surface area (Å²) in [5, 5.41) is 9.82. The summed E-state index contributed by atoms with van der Waals surface area (Å²) in [6.45, 7) is 3.79. The number of aryl methyl sites for hydroxylation is 3. The van der Waals surface area contributed by atoms with Crippen LogP contribution >= 0.6 is 0 Å². The van der Waals surface area contributed by atoms with Gasteiger partial charge in [0.2, 0.25) is 0 Å². The summed E-state index contributed by atoms with van der Waals surface area (Å²) in [6.07, 6.45) is 1.49. The third kappa shape index (κ3) is 1.93. The highest BCUT2D eigenvalue weighted by atomic mass is 16.3. The highest BCUT2D eigenvalue weighted by Gasteiger charge is 2.19. The van der Waals surface area contributed by atoms with Gasteiger partial charge in [-0.25, -0.2) is 0 Å². The number of hydrogen-bond donors (Lipinski definition) is 1. The standard InChI is InChI=1S/C17H16O2/c1-10-7-14(8-11(2)17(10)19)13-4-3-12-5-6-16(18)15(12)9-13/h3-4,7-9,19H,5-6H2,1-2H3. The molecule has 0 fully saturated rings. The van der Waals surface area contributed by atoms with Crippen LogP contribution in [0.15, 0.2) is 30.3 Å². The van der Waals surface area contributed by atoms with E-state index in [-0.39, 0.29) is 5.78 Å². The van der Waals surface area contributed by atoms with Crippen molar-refractivity contribution in [3.63, 3.8) is 0 Å². The van der Waals surface area contributed by atoms with Crippen molar-refractivity contribution >= 4 is 5.78 Å². The van der Waals surface area contributed by atoms with E-state index in [0.29, 0.717) is 12.2 Å². The van der Waals surface area contributed by atoms with Crippen LogP contribution in [0.25, 0.3) is 11.1 Å². The molecular formula is C17H16O2. The third-order valence-electron chi connectivity index (χ3n) is 3.86. The van der Waals surface area contributed by atoms with Crippen molar-refractivity contribution in [3.8, 4) is 16.9 Å². The number of phenolic OH excluding ortho intramolecular Hbond substituents is 1. The van der Waals surface area contributed by atoms with Crippen LogP contribution in [0.4, 0.5) is 0 Å². The van der Waals surface area contributed by atoms with E-state index >= 15 is 0 Å². The van der Waals surface area contributed by atoms with E-state index in [1.54, 1.807) is 0 Å². The lowest BCUT2D eigenvalue weighted by atomic mass is 9.97. The minimum Gasteiger partial charge on any atom is -0.507 e. The molecule has 0 unspecified atom stereocenters. The van der Waals surface area contributed by atoms with Gasteiger partial charge in [-0.15, -0.1) is 0 Å². The summed E-state index contributed by atoms with van der Waals surface area (Å²) in [5.74, 6) is 0.588. The Morgan fingerprint density at radius 1 is 0.947 bits per heavy atom. The summed E-state index contributed by atoms with van der Waals surface area (Å²) in [6, 6.07) is 10.0. The SMILES string of the molecule is Cc1cc(-c2ccc3c(c2)C(=O)CC3)cc(C)c1O. The molecule has 0 radical (unpaired) electrons. The molecule has 0 bridgehead atoms. The summed E-state index contributed by atoms with van der Waals surface area (Å²) < 4.78 is 0. The molecule has 0 saturated heterocycles. The number of ketones is 1. The van der Waals surface area contributed by atoms with E-state index in [1.807, 2.05) is 38.1 Å². The average molecular weight is 252 g/mol. The second kappa shape index (κ2) is 4.23. The van der Waals surface area contributed by atoms with Gasteiger partial charge in [0, 0.05) is 12.0 Å². The van der Waals surface area contributed by atoms with Crippen molar-refractivity contribution in [2.75, 3.05) is 0 Å². The number of Topliss-reactive ketones (excluding diaryl/α,β-unsaturated/α-hetero) is 1. The van der Waals surface area contributed by atoms with Crippen LogP contribution in [0.1, 0.15) is 33.5 Å². The normalized spacial score (nSPS) is 13.7. The van der Waals surface area contributed by atoms with Crippen LogP contribution in [0, 0.1) is 13.8 Å². The van der Waals surface area contributed by atoms with E-state index in [4.69, 9.17) is 0 Å². The zero-order valence-corrected chi connectivity index (χ0v) is 11.2. The molecule has 0 spiro atoms. The predicted octanol–water partition coefficient (Wildman–Crippen LogP) is 3.80. The third-order valence-corrected chi connectivity index (χ3v) is 3.86. The molecule has 0 aliphatic heterocycles. The molecule has 0 atom stereocenters. The molecule has 19 heavy (non-hydrogen) atoms. The fourth-order valence-electron chi connectivity index (χ4n) is 2.74. The largest absolute Gasteiger partial charge is 0.507 e. The Morgan fingerprint density at radius 3 is 2.32 bits per heavy atom. The minimum atomic E-state index is 0.240. The van der Waals surface area contributed by atoms with Crippen molar-refractivity contribution in [3.05, 3.63) is 52.6 Å². The second-order valence-corrected chi connectivity index (χ2v) is 5.25. The van der Waals surface area contributed by atoms with E-state index in [9.17, 15) is 9.90 Å². The lowest BCUT2D eigenvalue weighted by Gasteiger charge is -2.09. The number of hydrogen-bond acceptors (Lipinski definition) is 2. The lowest BCUT2D eigenvalue weighted by Crippen LogP contribution is -1.92. The van der Waals surface area contributed by atoms with E-state index in [0.717, 1.165) is 39.8 Å². The molecule has 0 amide bonds. The van der Waals surface area contributed by atoms with Gasteiger partial charge in [0.05, 0.1) is 0 Å². The van der Waals surface area contributed by atoms with Gasteiger partial charge < -0.3 is 5.11 Å². The number of carbonyl (C=O) groups is 1. The fraction of sp³-hybridized carbons (Fsp3) is 0.235. The Morgan fingerprint density at radius 2 is 1.63 bits per heavy atom. The van der Waals surface area contributed by atoms with Gasteiger partial charge in [-0.3, -0.25) is 4.79 Å². The first-order valence-electron chi connectivity index (χ1n) is 6.53. The summed E-state index contributed by atoms with van der Waals surface area (Å²) in [7, 11) is 0. The fourth-order valence-corrected chi connectivity index (χ4v) is 2.74. The maximum atomic E-state index is 11.8. The molecular weight excluding hydrogens is 236 g/mol. The first-order valence-corrected chi connectivity index (χ1v) is 6.53. The average Bonchev–Trinajstić information content (AvgIpc) is 2.77. The maximum absolute atomic E-state index is 11.8. The van der Waals surface area contributed by atoms with E-state index in [1.165, 1.54) is 0 Å². The summed E-state index contributed by atoms with van der Waals surface area (Å²) in [5.41, 5.74) is 5.83. The van der Waals surface area contributed by atoms with Crippen molar-refractivity contribution in [2.45, 2.75) is 26.7 Å². The van der Waals surface area contributed by atoms with Gasteiger partial charge in [0.15, 0.2) is 5.78 Å². The second-order valence-electron chi connectivity index (χ2n) is 5.25. The van der Waals surface area contributed by atoms with Crippen LogP contribution in [-0.2, 0) is 6.42 Å². The topological polar surface area (TPSA) is 37.3 Å². The van der Waals surface area contributed by atoms with Crippen molar-refractivity contribution in [1.29, 1.82) is 0 Å². The van der Waals surface area contributed by atoms with Crippen molar-refractivity contribution < 1.29 is 9.90 Å². The molecule has 2 nitrogen and oxygen atoms in total. The Kier molecular flexibility index (Phi) is 2.67. The molecule has 0 heterocycles. The van der Waals surface area contributed by atoms with Crippen LogP contribution in [-0.4, -0.2) is 10.9 Å². The van der Waals surface area contributed by atoms with Gasteiger partial charge in [0.25, 0.3) is 0 Å². The highest BCUT2D eigenvalue weighted by molar-refractivity contribution is 6.01. The van der Waals surface area contributed by atoms with Gasteiger partial charge in [-0.2, -0.15) is 0 Å². The molecule has 0 saturated carbocycles. The van der Waals surface area contributed by atoms with Gasteiger partial charge in [-0.1, -0.05) is 12.1 Å². The van der Waals surface area contributed by atoms with Gasteiger partial charge >= 0.3 is 0 Å². The van der Waals surface area contributed by atoms with Crippen molar-refractivity contribution in [1.82, 2.24) is 0 Å². The Hall–Kier alpha value is -2.09. The molecule has 3 rings (SSSR count). The molecule has 2 aromatic rings. The molecule has 0 aromatic heterocycles. The zero-order valence-electron chi connectivity index (χ0n) is 11.2. The quantitative estimate of drug-likeness (QED) is 0.838. The number of carbonyl (C=O) groups excluding carboxylic acids is 1. The van der Waals surface area contributed by atoms with Crippen LogP contribution in [0.2, 0.25) is 0 Å². The molecule has 96 valence electrons. The predicted molar refractivity (Wildman–Crippen MR) is 75.7 cm³/mol. The maximum Gasteiger partial charge on any atom is 0.163 e. The highest BCUT2D eigenvalue weighted by Crippen LogP contribution is 2.32. The molecule has 1 N–H and O–H groups in total. The van der Waals surface area contributed by atoms with Crippen LogP contribution in [0.5, 0.6) is 5.75 Å². The van der Waals surface area contributed by atoms with Gasteiger partial charge in [-0.05, 0) is 66.3 Å². The zero-order chi connectivity index (χ0) is 13.6. The minimum absolute atomic E-state index is 0.240. The Labute approximate surface area is 112 Å². The number of rotatable bonds is 1. The Balaban J connectivity index is 2.13. The first kappa shape index (κ1) is 12.0. The van der Waals surface area contributed by atoms with Gasteiger partial charge in [0.1, 0.15) is 5.75 Å². The first-order chi connectivity index (χ1) is 9.06. The summed E-state index contributed by atoms with van der Waals surface area (Å²) >= 11 is 0. The molecule has 1 aliphatic carbocycles. The van der Waals surface area contributed by atoms with Crippen LogP contribution < -0.4 is 0 Å². The number of fused-ring (bicyclic) bond motifs is 1. The molecule has 2 aromatic carbocycles. The number of aromatic hydroxyl groups is 1. The molecule has 2 heteroatoms. The monoisotopic (exact) mass is 252 g/mol. The van der Waals surface area contributed by atoms with E-state index in [2.05, 4.69) is 6.07 Å². The van der Waals surface area contributed by atoms with Crippen molar-refractivity contribution in [2.24, 2.45) is 0 Å². The lowest BCUT2D eigenvalue weighted by molar-refractivity contribution is 0.0994. The van der Waals surface area contributed by atoms with E-state index < -0.39 is 0 Å². The number of benzene rings is 2. The smallest absolute Gasteiger partial charge is 0.163 e. The number of phenols is 1. The summed E-state index contributed by atoms with van der Waals surface area (Å²) in [4.78, 5) is 11.8. The molecule has 1 aliphatic rings. The Bertz CT molecular complexity index is 661. The van der Waals surface area contributed by atoms with Crippen LogP contribution in [0.3, 0.4) is 0 Å².